The number of amides is 2. The van der Waals surface area contributed by atoms with Gasteiger partial charge in [-0.15, -0.1) is 0 Å². The number of carbonyl (C=O) groups excluding carboxylic acids is 2. The number of hydrogen-bond donors (Lipinski definition) is 2. The summed E-state index contributed by atoms with van der Waals surface area (Å²) in [5.74, 6) is 0.484. The highest BCUT2D eigenvalue weighted by molar-refractivity contribution is 8.03. The Balaban J connectivity index is 1.31. The van der Waals surface area contributed by atoms with Crippen LogP contribution in [0.1, 0.15) is 29.6 Å². The van der Waals surface area contributed by atoms with Gasteiger partial charge in [-0.2, -0.15) is 0 Å². The molecule has 0 fully saturated rings. The second-order valence-electron chi connectivity index (χ2n) is 6.99. The first kappa shape index (κ1) is 16.4. The molecule has 136 valence electrons. The molecule has 5 nitrogen and oxygen atoms in total. The van der Waals surface area contributed by atoms with E-state index >= 15 is 0 Å². The highest BCUT2D eigenvalue weighted by atomic mass is 32.2. The summed E-state index contributed by atoms with van der Waals surface area (Å²) >= 11 is 1.57. The molecule has 6 heteroatoms. The van der Waals surface area contributed by atoms with Crippen LogP contribution in [0.25, 0.3) is 0 Å². The van der Waals surface area contributed by atoms with Gasteiger partial charge >= 0.3 is 0 Å². The first-order valence-electron chi connectivity index (χ1n) is 9.02. The number of benzene rings is 1. The van der Waals surface area contributed by atoms with Crippen molar-refractivity contribution in [2.45, 2.75) is 29.8 Å². The van der Waals surface area contributed by atoms with Crippen molar-refractivity contribution in [3.8, 4) is 0 Å². The van der Waals surface area contributed by atoms with E-state index in [9.17, 15) is 9.59 Å². The van der Waals surface area contributed by atoms with Crippen LogP contribution >= 0.6 is 11.8 Å². The van der Waals surface area contributed by atoms with Crippen LogP contribution in [0, 0.1) is 0 Å². The third-order valence-corrected chi connectivity index (χ3v) is 6.23. The Hall–Kier alpha value is -2.73. The SMILES string of the molecule is O=C1Nc2cc(C(=O)NCC3=CC4(C=CC4)O3)ccc2SC2=CCCC=C12. The zero-order valence-electron chi connectivity index (χ0n) is 14.6. The van der Waals surface area contributed by atoms with Crippen LogP contribution in [0.5, 0.6) is 0 Å². The average Bonchev–Trinajstić information content (AvgIpc) is 2.74. The van der Waals surface area contributed by atoms with Gasteiger partial charge in [0.1, 0.15) is 5.76 Å². The normalized spacial score (nSPS) is 24.6. The Morgan fingerprint density at radius 3 is 2.89 bits per heavy atom. The van der Waals surface area contributed by atoms with E-state index in [0.717, 1.165) is 40.4 Å². The second kappa shape index (κ2) is 6.16. The summed E-state index contributed by atoms with van der Waals surface area (Å²) in [6, 6.07) is 5.42. The molecule has 4 aliphatic rings. The number of fused-ring (bicyclic) bond motifs is 2. The summed E-state index contributed by atoms with van der Waals surface area (Å²) in [6.07, 6.45) is 12.9. The standard InChI is InChI=1S/C21H18N2O3S/c24-19(22-12-14-11-21(26-14)8-3-9-21)13-6-7-18-16(10-13)23-20(25)15-4-1-2-5-17(15)27-18/h3-8,10-11H,1-2,9,12H2,(H,22,24)(H,23,25). The lowest BCUT2D eigenvalue weighted by molar-refractivity contribution is -0.112. The second-order valence-corrected chi connectivity index (χ2v) is 8.07. The van der Waals surface area contributed by atoms with E-state index in [-0.39, 0.29) is 17.4 Å². The smallest absolute Gasteiger partial charge is 0.256 e. The van der Waals surface area contributed by atoms with Crippen molar-refractivity contribution >= 4 is 29.3 Å². The van der Waals surface area contributed by atoms with Crippen LogP contribution in [0.3, 0.4) is 0 Å². The summed E-state index contributed by atoms with van der Waals surface area (Å²) in [5.41, 5.74) is 1.71. The van der Waals surface area contributed by atoms with Crippen LogP contribution < -0.4 is 10.6 Å². The molecule has 2 amide bonds. The maximum Gasteiger partial charge on any atom is 0.256 e. The van der Waals surface area contributed by atoms with E-state index < -0.39 is 0 Å². The fourth-order valence-corrected chi connectivity index (χ4v) is 4.61. The molecule has 0 saturated heterocycles. The third-order valence-electron chi connectivity index (χ3n) is 5.05. The molecule has 0 saturated carbocycles. The van der Waals surface area contributed by atoms with Gasteiger partial charge in [-0.3, -0.25) is 9.59 Å². The molecule has 2 aliphatic heterocycles. The van der Waals surface area contributed by atoms with Crippen LogP contribution in [-0.2, 0) is 9.53 Å². The maximum absolute atomic E-state index is 12.5. The number of hydrogen-bond acceptors (Lipinski definition) is 4. The molecule has 0 radical (unpaired) electrons. The topological polar surface area (TPSA) is 67.4 Å². The highest BCUT2D eigenvalue weighted by Crippen LogP contribution is 2.42. The lowest BCUT2D eigenvalue weighted by Crippen LogP contribution is -2.43. The fourth-order valence-electron chi connectivity index (χ4n) is 3.53. The Morgan fingerprint density at radius 2 is 2.11 bits per heavy atom. The molecule has 27 heavy (non-hydrogen) atoms. The Labute approximate surface area is 161 Å². The first-order valence-corrected chi connectivity index (χ1v) is 9.84. The molecule has 1 atom stereocenters. The minimum atomic E-state index is -0.203. The van der Waals surface area contributed by atoms with Crippen LogP contribution in [0.15, 0.2) is 69.7 Å². The summed E-state index contributed by atoms with van der Waals surface area (Å²) in [6.45, 7) is 0.367. The van der Waals surface area contributed by atoms with Crippen molar-refractivity contribution in [1.29, 1.82) is 0 Å². The van der Waals surface area contributed by atoms with Gasteiger partial charge in [0.05, 0.1) is 12.2 Å². The summed E-state index contributed by atoms with van der Waals surface area (Å²) in [7, 11) is 0. The van der Waals surface area contributed by atoms with Gasteiger partial charge in [0.25, 0.3) is 11.8 Å². The van der Waals surface area contributed by atoms with Crippen LogP contribution in [-0.4, -0.2) is 24.0 Å². The fraction of sp³-hybridized carbons (Fsp3) is 0.238. The number of rotatable bonds is 3. The number of thioether (sulfide) groups is 1. The minimum Gasteiger partial charge on any atom is -0.481 e. The monoisotopic (exact) mass is 378 g/mol. The van der Waals surface area contributed by atoms with E-state index in [1.54, 1.807) is 23.9 Å². The van der Waals surface area contributed by atoms with Crippen molar-refractivity contribution in [1.82, 2.24) is 5.32 Å². The molecule has 1 spiro atoms. The molecular formula is C21H18N2O3S. The van der Waals surface area contributed by atoms with Gasteiger partial charge in [-0.1, -0.05) is 30.0 Å². The van der Waals surface area contributed by atoms with Crippen molar-refractivity contribution in [3.63, 3.8) is 0 Å². The van der Waals surface area contributed by atoms with E-state index in [1.807, 2.05) is 24.3 Å². The maximum atomic E-state index is 12.5. The molecule has 0 bridgehead atoms. The predicted molar refractivity (Wildman–Crippen MR) is 104 cm³/mol. The predicted octanol–water partition coefficient (Wildman–Crippen LogP) is 3.68. The van der Waals surface area contributed by atoms with Crippen molar-refractivity contribution < 1.29 is 14.3 Å². The Morgan fingerprint density at radius 1 is 1.30 bits per heavy atom. The Kier molecular flexibility index (Phi) is 3.75. The van der Waals surface area contributed by atoms with E-state index in [1.165, 1.54) is 0 Å². The van der Waals surface area contributed by atoms with E-state index in [4.69, 9.17) is 4.74 Å². The molecule has 2 heterocycles. The Bertz CT molecular complexity index is 989. The number of anilines is 1. The van der Waals surface area contributed by atoms with Crippen molar-refractivity contribution in [3.05, 3.63) is 70.4 Å². The molecular weight excluding hydrogens is 360 g/mol. The molecule has 1 aromatic rings. The van der Waals surface area contributed by atoms with Gasteiger partial charge in [-0.05, 0) is 37.1 Å². The molecule has 1 aromatic carbocycles. The number of carbonyl (C=O) groups is 2. The minimum absolute atomic E-state index is 0.114. The first-order chi connectivity index (χ1) is 13.1. The van der Waals surface area contributed by atoms with Gasteiger partial charge in [0.15, 0.2) is 5.60 Å². The van der Waals surface area contributed by atoms with Gasteiger partial charge < -0.3 is 15.4 Å². The van der Waals surface area contributed by atoms with Gasteiger partial charge in [0.2, 0.25) is 0 Å². The van der Waals surface area contributed by atoms with Crippen LogP contribution in [0.2, 0.25) is 0 Å². The molecule has 2 N–H and O–H groups in total. The third kappa shape index (κ3) is 2.90. The molecule has 5 rings (SSSR count). The van der Waals surface area contributed by atoms with Gasteiger partial charge in [0, 0.05) is 33.4 Å². The number of ether oxygens (including phenoxy) is 1. The van der Waals surface area contributed by atoms with Gasteiger partial charge in [-0.25, -0.2) is 0 Å². The summed E-state index contributed by atoms with van der Waals surface area (Å²) in [4.78, 5) is 26.9. The lowest BCUT2D eigenvalue weighted by Gasteiger charge is -2.42. The lowest BCUT2D eigenvalue weighted by atomic mass is 9.85. The number of nitrogens with one attached hydrogen (secondary N) is 2. The van der Waals surface area contributed by atoms with E-state index in [0.29, 0.717) is 17.8 Å². The highest BCUT2D eigenvalue weighted by Gasteiger charge is 2.39. The molecule has 0 aromatic heterocycles. The summed E-state index contributed by atoms with van der Waals surface area (Å²) < 4.78 is 5.71. The zero-order valence-corrected chi connectivity index (χ0v) is 15.4. The average molecular weight is 378 g/mol. The number of allylic oxidation sites excluding steroid dienone is 2. The zero-order chi connectivity index (χ0) is 18.4. The molecule has 1 unspecified atom stereocenters. The van der Waals surface area contributed by atoms with Crippen molar-refractivity contribution in [2.75, 3.05) is 11.9 Å². The van der Waals surface area contributed by atoms with Crippen molar-refractivity contribution in [2.24, 2.45) is 0 Å². The molecule has 2 aliphatic carbocycles. The van der Waals surface area contributed by atoms with E-state index in [2.05, 4.69) is 22.8 Å². The van der Waals surface area contributed by atoms with Crippen LogP contribution in [0.4, 0.5) is 5.69 Å². The quantitative estimate of drug-likeness (QED) is 0.788. The summed E-state index contributed by atoms with van der Waals surface area (Å²) in [5, 5.41) is 5.81. The largest absolute Gasteiger partial charge is 0.481 e.